The summed E-state index contributed by atoms with van der Waals surface area (Å²) in [5.74, 6) is 0. The van der Waals surface area contributed by atoms with Crippen molar-refractivity contribution in [2.24, 2.45) is 5.16 Å². The van der Waals surface area contributed by atoms with Crippen LogP contribution in [0.25, 0.3) is 0 Å². The average molecular weight is 72.0 g/mol. The van der Waals surface area contributed by atoms with Crippen LogP contribution in [0.2, 0.25) is 0 Å². The van der Waals surface area contributed by atoms with Gasteiger partial charge in [-0.3, -0.25) is 4.79 Å². The first-order chi connectivity index (χ1) is 2.41. The Labute approximate surface area is 28.9 Å². The predicted octanol–water partition coefficient (Wildman–Crippen LogP) is -0.246. The number of carbonyl (C=O) groups is 1. The summed E-state index contributed by atoms with van der Waals surface area (Å²) in [4.78, 5) is 9.06. The molecule has 3 heteroatoms. The largest absolute Gasteiger partial charge is 0.792 e. The van der Waals surface area contributed by atoms with Crippen molar-refractivity contribution in [2.75, 3.05) is 0 Å². The molecule has 5 heavy (non-hydrogen) atoms. The molecule has 0 unspecified atom stereocenters. The third kappa shape index (κ3) is 3.14. The maximum absolute atomic E-state index is 9.06. The van der Waals surface area contributed by atoms with Gasteiger partial charge in [-0.2, -0.15) is 0 Å². The first-order valence-electron chi connectivity index (χ1n) is 1.01. The maximum Gasteiger partial charge on any atom is 0.160 e. The van der Waals surface area contributed by atoms with Crippen molar-refractivity contribution in [1.29, 1.82) is 0 Å². The van der Waals surface area contributed by atoms with Crippen LogP contribution in [0.3, 0.4) is 0 Å². The smallest absolute Gasteiger partial charge is 0.160 e. The molecule has 0 radical (unpaired) electrons. The Kier molecular flexibility index (Phi) is 2.60. The van der Waals surface area contributed by atoms with E-state index in [9.17, 15) is 0 Å². The molecule has 3 nitrogen and oxygen atoms in total. The van der Waals surface area contributed by atoms with Gasteiger partial charge in [-0.1, -0.05) is 0 Å². The summed E-state index contributed by atoms with van der Waals surface area (Å²) in [6, 6.07) is 0. The number of nitrogens with zero attached hydrogens (tertiary/aromatic N) is 1. The van der Waals surface area contributed by atoms with E-state index in [1.54, 1.807) is 0 Å². The Bertz CT molecular complexity index is 49.6. The highest BCUT2D eigenvalue weighted by molar-refractivity contribution is 6.12. The minimum absolute atomic E-state index is 0.326. The Morgan fingerprint density at radius 2 is 2.40 bits per heavy atom. The van der Waals surface area contributed by atoms with Crippen molar-refractivity contribution in [3.63, 3.8) is 0 Å². The van der Waals surface area contributed by atoms with E-state index in [-0.39, 0.29) is 0 Å². The zero-order valence-corrected chi connectivity index (χ0v) is 2.42. The van der Waals surface area contributed by atoms with E-state index in [4.69, 9.17) is 10.0 Å². The summed E-state index contributed by atoms with van der Waals surface area (Å²) in [6.45, 7) is 0. The second-order valence-electron chi connectivity index (χ2n) is 0.391. The fourth-order valence-electron chi connectivity index (χ4n) is 0.0248. The second kappa shape index (κ2) is 3.14. The van der Waals surface area contributed by atoms with E-state index in [1.165, 1.54) is 0 Å². The molecule has 0 rings (SSSR count). The van der Waals surface area contributed by atoms with Crippen LogP contribution < -0.4 is 0 Å². The molecule has 0 N–H and O–H groups in total. The fraction of sp³-hybridized carbons (Fsp3) is 0. The molecular formula is C2H2NO2-. The van der Waals surface area contributed by atoms with Crippen LogP contribution in [0.15, 0.2) is 5.16 Å². The number of rotatable bonds is 1. The van der Waals surface area contributed by atoms with Crippen LogP contribution in [0.5, 0.6) is 0 Å². The lowest BCUT2D eigenvalue weighted by molar-refractivity contribution is -0.102. The van der Waals surface area contributed by atoms with Crippen molar-refractivity contribution in [2.45, 2.75) is 0 Å². The molecular weight excluding hydrogens is 70.0 g/mol. The molecule has 0 aliphatic carbocycles. The molecule has 0 heterocycles. The number of hydrogen-bond donors (Lipinski definition) is 0. The van der Waals surface area contributed by atoms with E-state index >= 15 is 0 Å². The Morgan fingerprint density at radius 1 is 1.80 bits per heavy atom. The standard InChI is InChI=1S/C2H3NO2/c4-2-1-3-5/h1-2,5H/p-1. The third-order valence-corrected chi connectivity index (χ3v) is 0.122. The van der Waals surface area contributed by atoms with E-state index in [2.05, 4.69) is 5.16 Å². The summed E-state index contributed by atoms with van der Waals surface area (Å²) < 4.78 is 0. The van der Waals surface area contributed by atoms with Crippen molar-refractivity contribution in [3.8, 4) is 0 Å². The van der Waals surface area contributed by atoms with Gasteiger partial charge in [0.25, 0.3) is 0 Å². The van der Waals surface area contributed by atoms with Crippen LogP contribution in [0.4, 0.5) is 0 Å². The molecule has 0 aromatic rings. The molecule has 0 spiro atoms. The van der Waals surface area contributed by atoms with Crippen LogP contribution in [0.1, 0.15) is 0 Å². The summed E-state index contributed by atoms with van der Waals surface area (Å²) in [6.07, 6.45) is 0.965. The molecule has 0 bridgehead atoms. The van der Waals surface area contributed by atoms with Gasteiger partial charge < -0.3 is 10.4 Å². The first kappa shape index (κ1) is 4.14. The number of carbonyl (C=O) groups excluding carboxylic acids is 1. The second-order valence-corrected chi connectivity index (χ2v) is 0.391. The van der Waals surface area contributed by atoms with Gasteiger partial charge in [-0.25, -0.2) is 0 Å². The maximum atomic E-state index is 9.06. The molecule has 0 aliphatic heterocycles. The predicted molar refractivity (Wildman–Crippen MR) is 17.9 cm³/mol. The van der Waals surface area contributed by atoms with Crippen LogP contribution in [-0.4, -0.2) is 12.5 Å². The van der Waals surface area contributed by atoms with Gasteiger partial charge in [-0.05, 0) is 0 Å². The SMILES string of the molecule is O=CC=N[O-]. The molecule has 0 saturated carbocycles. The van der Waals surface area contributed by atoms with Gasteiger partial charge in [0.2, 0.25) is 0 Å². The van der Waals surface area contributed by atoms with Gasteiger partial charge in [-0.15, -0.1) is 0 Å². The molecule has 0 amide bonds. The highest BCUT2D eigenvalue weighted by Crippen LogP contribution is 1.42. The Balaban J connectivity index is 2.92. The molecule has 0 aromatic heterocycles. The normalized spacial score (nSPS) is 8.80. The van der Waals surface area contributed by atoms with Crippen molar-refractivity contribution in [1.82, 2.24) is 0 Å². The summed E-state index contributed by atoms with van der Waals surface area (Å²) in [5.41, 5.74) is 0. The van der Waals surface area contributed by atoms with Crippen LogP contribution >= 0.6 is 0 Å². The summed E-state index contributed by atoms with van der Waals surface area (Å²) >= 11 is 0. The molecule has 0 saturated heterocycles. The van der Waals surface area contributed by atoms with E-state index in [1.807, 2.05) is 0 Å². The van der Waals surface area contributed by atoms with Gasteiger partial charge in [0.1, 0.15) is 0 Å². The van der Waals surface area contributed by atoms with Gasteiger partial charge >= 0.3 is 0 Å². The lowest BCUT2D eigenvalue weighted by atomic mass is 10.9. The third-order valence-electron chi connectivity index (χ3n) is 0.122. The van der Waals surface area contributed by atoms with Crippen molar-refractivity contribution >= 4 is 12.5 Å². The van der Waals surface area contributed by atoms with E-state index in [0.29, 0.717) is 12.5 Å². The lowest BCUT2D eigenvalue weighted by Crippen LogP contribution is -1.65. The van der Waals surface area contributed by atoms with Gasteiger partial charge in [0, 0.05) is 0 Å². The fourth-order valence-corrected chi connectivity index (χ4v) is 0.0248. The van der Waals surface area contributed by atoms with Crippen LogP contribution in [0, 0.1) is 5.21 Å². The highest BCUT2D eigenvalue weighted by Gasteiger charge is 1.44. The zero-order valence-electron chi connectivity index (χ0n) is 2.42. The summed E-state index contributed by atoms with van der Waals surface area (Å²) in [5, 5.41) is 11.0. The monoisotopic (exact) mass is 72.0 g/mol. The number of hydrogen-bond acceptors (Lipinski definition) is 3. The Hall–Kier alpha value is -0.860. The van der Waals surface area contributed by atoms with Gasteiger partial charge in [0.05, 0.1) is 6.21 Å². The first-order valence-corrected chi connectivity index (χ1v) is 1.01. The van der Waals surface area contributed by atoms with Crippen LogP contribution in [-0.2, 0) is 4.79 Å². The molecule has 0 aliphatic rings. The lowest BCUT2D eigenvalue weighted by Gasteiger charge is -1.77. The van der Waals surface area contributed by atoms with Crippen molar-refractivity contribution < 1.29 is 4.79 Å². The Morgan fingerprint density at radius 3 is 2.40 bits per heavy atom. The minimum Gasteiger partial charge on any atom is -0.792 e. The number of aldehydes is 1. The minimum atomic E-state index is 0.326. The highest BCUT2D eigenvalue weighted by atomic mass is 16.4. The average Bonchev–Trinajstić information content (AvgIpc) is 1.41. The van der Waals surface area contributed by atoms with Gasteiger partial charge in [0.15, 0.2) is 6.29 Å². The molecule has 0 aromatic carbocycles. The van der Waals surface area contributed by atoms with Crippen molar-refractivity contribution in [3.05, 3.63) is 5.21 Å². The molecule has 0 fully saturated rings. The molecule has 28 valence electrons. The topological polar surface area (TPSA) is 52.5 Å². The quantitative estimate of drug-likeness (QED) is 0.244. The molecule has 0 atom stereocenters. The van der Waals surface area contributed by atoms with E-state index < -0.39 is 0 Å². The summed E-state index contributed by atoms with van der Waals surface area (Å²) in [7, 11) is 0. The zero-order chi connectivity index (χ0) is 4.12. The van der Waals surface area contributed by atoms with E-state index in [0.717, 1.165) is 0 Å².